The molecule has 1 heterocycles. The molecular formula is C15H23N3O2. The number of carbonyl (C=O) groups excluding carboxylic acids is 1. The number of benzene rings is 1. The van der Waals surface area contributed by atoms with Crippen molar-refractivity contribution >= 4 is 11.6 Å². The molecule has 0 spiro atoms. The van der Waals surface area contributed by atoms with E-state index in [0.29, 0.717) is 0 Å². The summed E-state index contributed by atoms with van der Waals surface area (Å²) in [6, 6.07) is 7.94. The second-order valence-corrected chi connectivity index (χ2v) is 5.05. The molecule has 0 bridgehead atoms. The lowest BCUT2D eigenvalue weighted by atomic mass is 10.1. The smallest absolute Gasteiger partial charge is 0.234 e. The molecule has 110 valence electrons. The Labute approximate surface area is 120 Å². The number of carbonyl (C=O) groups is 1. The van der Waals surface area contributed by atoms with E-state index in [1.165, 1.54) is 0 Å². The molecular weight excluding hydrogens is 254 g/mol. The van der Waals surface area contributed by atoms with Gasteiger partial charge in [-0.2, -0.15) is 0 Å². The third kappa shape index (κ3) is 3.22. The highest BCUT2D eigenvalue weighted by Gasteiger charge is 2.26. The second kappa shape index (κ2) is 6.61. The lowest BCUT2D eigenvalue weighted by Gasteiger charge is -2.39. The molecule has 0 radical (unpaired) electrons. The third-order valence-electron chi connectivity index (χ3n) is 3.89. The molecule has 5 nitrogen and oxygen atoms in total. The Morgan fingerprint density at radius 1 is 1.35 bits per heavy atom. The van der Waals surface area contributed by atoms with Gasteiger partial charge in [0.15, 0.2) is 0 Å². The fraction of sp³-hybridized carbons (Fsp3) is 0.533. The van der Waals surface area contributed by atoms with Gasteiger partial charge in [-0.1, -0.05) is 13.0 Å². The van der Waals surface area contributed by atoms with Crippen molar-refractivity contribution in [3.63, 3.8) is 0 Å². The first-order chi connectivity index (χ1) is 9.65. The molecule has 5 heteroatoms. The summed E-state index contributed by atoms with van der Waals surface area (Å²) in [4.78, 5) is 15.9. The molecule has 1 fully saturated rings. The number of rotatable bonds is 5. The number of primary amides is 1. The Morgan fingerprint density at radius 3 is 2.60 bits per heavy atom. The molecule has 1 unspecified atom stereocenters. The van der Waals surface area contributed by atoms with Gasteiger partial charge in [0.05, 0.1) is 13.2 Å². The van der Waals surface area contributed by atoms with Crippen LogP contribution in [0, 0.1) is 0 Å². The van der Waals surface area contributed by atoms with Crippen LogP contribution in [0.15, 0.2) is 24.3 Å². The van der Waals surface area contributed by atoms with Crippen molar-refractivity contribution < 1.29 is 9.53 Å². The number of hydrogen-bond donors (Lipinski definition) is 1. The van der Waals surface area contributed by atoms with E-state index in [9.17, 15) is 4.79 Å². The maximum Gasteiger partial charge on any atom is 0.234 e. The highest BCUT2D eigenvalue weighted by atomic mass is 16.5. The number of hydrogen-bond acceptors (Lipinski definition) is 4. The molecule has 0 aromatic heterocycles. The van der Waals surface area contributed by atoms with Gasteiger partial charge in [0.25, 0.3) is 0 Å². The van der Waals surface area contributed by atoms with Crippen LogP contribution in [0.2, 0.25) is 0 Å². The molecule has 0 saturated carbocycles. The van der Waals surface area contributed by atoms with E-state index in [0.717, 1.165) is 44.0 Å². The topological polar surface area (TPSA) is 58.8 Å². The summed E-state index contributed by atoms with van der Waals surface area (Å²) in [6.45, 7) is 5.52. The number of anilines is 1. The molecule has 2 rings (SSSR count). The van der Waals surface area contributed by atoms with Crippen LogP contribution in [-0.2, 0) is 4.79 Å². The zero-order valence-electron chi connectivity index (χ0n) is 12.2. The maximum atomic E-state index is 11.4. The molecule has 1 aliphatic rings. The highest BCUT2D eigenvalue weighted by molar-refractivity contribution is 5.79. The minimum absolute atomic E-state index is 0.137. The van der Waals surface area contributed by atoms with Gasteiger partial charge in [-0.05, 0) is 18.6 Å². The molecule has 1 saturated heterocycles. The third-order valence-corrected chi connectivity index (χ3v) is 3.89. The highest BCUT2D eigenvalue weighted by Crippen LogP contribution is 2.22. The number of nitrogens with two attached hydrogens (primary N) is 1. The van der Waals surface area contributed by atoms with Crippen LogP contribution >= 0.6 is 0 Å². The van der Waals surface area contributed by atoms with Crippen LogP contribution < -0.4 is 15.4 Å². The Bertz CT molecular complexity index is 456. The summed E-state index contributed by atoms with van der Waals surface area (Å²) in [5, 5.41) is 0. The minimum atomic E-state index is -0.220. The first-order valence-corrected chi connectivity index (χ1v) is 7.08. The minimum Gasteiger partial charge on any atom is -0.497 e. The van der Waals surface area contributed by atoms with Gasteiger partial charge in [-0.3, -0.25) is 9.69 Å². The normalized spacial score (nSPS) is 17.8. The zero-order chi connectivity index (χ0) is 14.5. The van der Waals surface area contributed by atoms with Crippen LogP contribution in [-0.4, -0.2) is 50.1 Å². The van der Waals surface area contributed by atoms with Gasteiger partial charge in [-0.25, -0.2) is 0 Å². The van der Waals surface area contributed by atoms with Crippen molar-refractivity contribution in [1.29, 1.82) is 0 Å². The number of methoxy groups -OCH3 is 1. The number of ether oxygens (including phenoxy) is 1. The predicted octanol–water partition coefficient (Wildman–Crippen LogP) is 1.08. The van der Waals surface area contributed by atoms with Crippen LogP contribution in [0.1, 0.15) is 13.3 Å². The second-order valence-electron chi connectivity index (χ2n) is 5.05. The van der Waals surface area contributed by atoms with Crippen molar-refractivity contribution in [1.82, 2.24) is 4.90 Å². The SMILES string of the molecule is CCC(C(N)=O)N1CCN(c2cccc(OC)c2)CC1. The molecule has 1 amide bonds. The number of amides is 1. The largest absolute Gasteiger partial charge is 0.497 e. The number of piperazine rings is 1. The van der Waals surface area contributed by atoms with Crippen molar-refractivity contribution in [2.24, 2.45) is 5.73 Å². The summed E-state index contributed by atoms with van der Waals surface area (Å²) >= 11 is 0. The number of nitrogens with zero attached hydrogens (tertiary/aromatic N) is 2. The molecule has 0 aliphatic carbocycles. The van der Waals surface area contributed by atoms with E-state index >= 15 is 0 Å². The van der Waals surface area contributed by atoms with E-state index in [1.807, 2.05) is 25.1 Å². The summed E-state index contributed by atoms with van der Waals surface area (Å²) in [5.74, 6) is 0.649. The van der Waals surface area contributed by atoms with E-state index < -0.39 is 0 Å². The van der Waals surface area contributed by atoms with Crippen molar-refractivity contribution in [3.05, 3.63) is 24.3 Å². The van der Waals surface area contributed by atoms with Crippen LogP contribution in [0.25, 0.3) is 0 Å². The summed E-state index contributed by atoms with van der Waals surface area (Å²) in [5.41, 5.74) is 6.61. The van der Waals surface area contributed by atoms with Gasteiger partial charge in [0.2, 0.25) is 5.91 Å². The van der Waals surface area contributed by atoms with Crippen molar-refractivity contribution in [3.8, 4) is 5.75 Å². The van der Waals surface area contributed by atoms with Crippen LogP contribution in [0.4, 0.5) is 5.69 Å². The lowest BCUT2D eigenvalue weighted by molar-refractivity contribution is -0.123. The Balaban J connectivity index is 1.98. The van der Waals surface area contributed by atoms with Gasteiger partial charge in [0.1, 0.15) is 5.75 Å². The van der Waals surface area contributed by atoms with E-state index in [2.05, 4.69) is 15.9 Å². The molecule has 2 N–H and O–H groups in total. The van der Waals surface area contributed by atoms with Crippen molar-refractivity contribution in [2.45, 2.75) is 19.4 Å². The zero-order valence-corrected chi connectivity index (χ0v) is 12.2. The average molecular weight is 277 g/mol. The molecule has 1 aromatic carbocycles. The monoisotopic (exact) mass is 277 g/mol. The van der Waals surface area contributed by atoms with Gasteiger partial charge >= 0.3 is 0 Å². The first kappa shape index (κ1) is 14.7. The quantitative estimate of drug-likeness (QED) is 0.875. The average Bonchev–Trinajstić information content (AvgIpc) is 2.48. The van der Waals surface area contributed by atoms with E-state index in [4.69, 9.17) is 10.5 Å². The Kier molecular flexibility index (Phi) is 4.84. The molecule has 1 atom stereocenters. The van der Waals surface area contributed by atoms with Gasteiger partial charge in [-0.15, -0.1) is 0 Å². The fourth-order valence-electron chi connectivity index (χ4n) is 2.74. The maximum absolute atomic E-state index is 11.4. The van der Waals surface area contributed by atoms with E-state index in [-0.39, 0.29) is 11.9 Å². The first-order valence-electron chi connectivity index (χ1n) is 7.08. The standard InChI is InChI=1S/C15H23N3O2/c1-3-14(15(16)19)18-9-7-17(8-10-18)12-5-4-6-13(11-12)20-2/h4-6,11,14H,3,7-10H2,1-2H3,(H2,16,19). The summed E-state index contributed by atoms with van der Waals surface area (Å²) in [6.07, 6.45) is 0.772. The predicted molar refractivity (Wildman–Crippen MR) is 80.1 cm³/mol. The fourth-order valence-corrected chi connectivity index (χ4v) is 2.74. The van der Waals surface area contributed by atoms with E-state index in [1.54, 1.807) is 7.11 Å². The summed E-state index contributed by atoms with van der Waals surface area (Å²) < 4.78 is 5.26. The Morgan fingerprint density at radius 2 is 2.05 bits per heavy atom. The van der Waals surface area contributed by atoms with Gasteiger partial charge in [0, 0.05) is 37.9 Å². The molecule has 1 aromatic rings. The summed E-state index contributed by atoms with van der Waals surface area (Å²) in [7, 11) is 1.68. The van der Waals surface area contributed by atoms with Crippen LogP contribution in [0.3, 0.4) is 0 Å². The molecule has 20 heavy (non-hydrogen) atoms. The Hall–Kier alpha value is -1.75. The van der Waals surface area contributed by atoms with Crippen LogP contribution in [0.5, 0.6) is 5.75 Å². The van der Waals surface area contributed by atoms with Crippen molar-refractivity contribution in [2.75, 3.05) is 38.2 Å². The lowest BCUT2D eigenvalue weighted by Crippen LogP contribution is -2.54. The molecule has 1 aliphatic heterocycles. The van der Waals surface area contributed by atoms with Gasteiger partial charge < -0.3 is 15.4 Å².